The van der Waals surface area contributed by atoms with Crippen LogP contribution < -0.4 is 20.9 Å². The number of nitrogens with two attached hydrogens (primary N) is 2. The molecule has 4 aliphatic carbocycles. The number of phenols is 4. The number of aliphatic hydroxyl groups is 5. The maximum Gasteiger partial charge on any atom is 0.202 e. The first kappa shape index (κ1) is 57.7. The van der Waals surface area contributed by atoms with Crippen molar-refractivity contribution < 1.29 is 103 Å². The largest absolute Gasteiger partial charge is 0.507 e. The topological polar surface area (TPSA) is 392 Å². The average Bonchev–Trinajstić information content (AvgIpc) is 3.32. The monoisotopic (exact) mass is 1110 g/mol. The highest BCUT2D eigenvalue weighted by atomic mass is 35.5. The maximum atomic E-state index is 13.6. The lowest BCUT2D eigenvalue weighted by molar-refractivity contribution is -0.247. The van der Waals surface area contributed by atoms with Gasteiger partial charge in [0, 0.05) is 84.0 Å². The number of ketones is 6. The number of benzene rings is 4. The van der Waals surface area contributed by atoms with Crippen molar-refractivity contribution in [2.45, 2.75) is 132 Å². The molecule has 24 heteroatoms. The minimum atomic E-state index is -2.24. The van der Waals surface area contributed by atoms with Crippen LogP contribution in [-0.2, 0) is 41.4 Å². The third kappa shape index (κ3) is 9.29. The van der Waals surface area contributed by atoms with Crippen LogP contribution in [0.1, 0.15) is 145 Å². The Bertz CT molecular complexity index is 3160. The molecule has 0 saturated carbocycles. The van der Waals surface area contributed by atoms with Gasteiger partial charge in [-0.2, -0.15) is 0 Å². The number of hydrogen-bond donors (Lipinski definition) is 11. The summed E-state index contributed by atoms with van der Waals surface area (Å²) in [6.07, 6.45) is -9.65. The molecule has 23 nitrogen and oxygen atoms in total. The molecule has 10 rings (SSSR count). The molecule has 4 aromatic rings. The van der Waals surface area contributed by atoms with E-state index in [0.717, 1.165) is 0 Å². The number of methoxy groups -OCH3 is 2. The van der Waals surface area contributed by atoms with E-state index in [4.69, 9.17) is 39.9 Å². The van der Waals surface area contributed by atoms with Crippen molar-refractivity contribution in [1.29, 1.82) is 0 Å². The number of carbonyl (C=O) groups excluding carboxylic acids is 6. The van der Waals surface area contributed by atoms with Gasteiger partial charge in [-0.05, 0) is 32.9 Å². The summed E-state index contributed by atoms with van der Waals surface area (Å²) in [5.74, 6) is -6.95. The van der Waals surface area contributed by atoms with Crippen molar-refractivity contribution in [3.05, 3.63) is 103 Å². The molecule has 4 unspecified atom stereocenters. The van der Waals surface area contributed by atoms with Crippen LogP contribution in [0.15, 0.2) is 36.4 Å². The fourth-order valence-corrected chi connectivity index (χ4v) is 11.4. The van der Waals surface area contributed by atoms with Gasteiger partial charge in [0.25, 0.3) is 0 Å². The molecule has 0 radical (unpaired) electrons. The van der Waals surface area contributed by atoms with E-state index in [1.54, 1.807) is 13.8 Å². The van der Waals surface area contributed by atoms with Gasteiger partial charge in [0.1, 0.15) is 52.3 Å². The van der Waals surface area contributed by atoms with Crippen LogP contribution in [0.5, 0.6) is 34.5 Å². The van der Waals surface area contributed by atoms with Gasteiger partial charge < -0.3 is 85.8 Å². The third-order valence-corrected chi connectivity index (χ3v) is 15.6. The van der Waals surface area contributed by atoms with Crippen molar-refractivity contribution in [1.82, 2.24) is 0 Å². The minimum Gasteiger partial charge on any atom is -0.507 e. The van der Waals surface area contributed by atoms with Crippen LogP contribution >= 0.6 is 12.4 Å². The molecule has 13 N–H and O–H groups in total. The molecular weight excluding hydrogens is 1050 g/mol. The van der Waals surface area contributed by atoms with E-state index < -0.39 is 178 Å². The molecule has 2 aliphatic heterocycles. The number of aromatic hydroxyl groups is 4. The van der Waals surface area contributed by atoms with Crippen molar-refractivity contribution in [3.63, 3.8) is 0 Å². The van der Waals surface area contributed by atoms with E-state index >= 15 is 0 Å². The zero-order valence-corrected chi connectivity index (χ0v) is 43.5. The number of hydrogen-bond acceptors (Lipinski definition) is 23. The number of fused-ring (bicyclic) bond motifs is 6. The van der Waals surface area contributed by atoms with Gasteiger partial charge in [-0.15, -0.1) is 12.4 Å². The molecule has 0 aromatic heterocycles. The lowest BCUT2D eigenvalue weighted by Gasteiger charge is -2.42. The second-order valence-electron chi connectivity index (χ2n) is 20.3. The first-order valence-corrected chi connectivity index (χ1v) is 24.7. The average molecular weight is 1110 g/mol. The number of carbonyl (C=O) groups is 6. The van der Waals surface area contributed by atoms with E-state index in [9.17, 15) is 74.7 Å². The summed E-state index contributed by atoms with van der Waals surface area (Å²) >= 11 is 0. The summed E-state index contributed by atoms with van der Waals surface area (Å²) in [5, 5.41) is 97.8. The lowest BCUT2D eigenvalue weighted by atomic mass is 9.72. The second-order valence-corrected chi connectivity index (χ2v) is 20.3. The predicted octanol–water partition coefficient (Wildman–Crippen LogP) is 1.45. The van der Waals surface area contributed by atoms with Crippen LogP contribution in [0.3, 0.4) is 0 Å². The summed E-state index contributed by atoms with van der Waals surface area (Å²) in [6.45, 7) is 3.35. The van der Waals surface area contributed by atoms with E-state index in [1.807, 2.05) is 0 Å². The van der Waals surface area contributed by atoms with E-state index in [2.05, 4.69) is 0 Å². The van der Waals surface area contributed by atoms with Gasteiger partial charge >= 0.3 is 0 Å². The highest BCUT2D eigenvalue weighted by Gasteiger charge is 2.52. The Labute approximate surface area is 450 Å². The van der Waals surface area contributed by atoms with Gasteiger partial charge in [-0.1, -0.05) is 24.3 Å². The van der Waals surface area contributed by atoms with E-state index in [1.165, 1.54) is 57.5 Å². The normalized spacial score (nSPS) is 29.7. The Kier molecular flexibility index (Phi) is 15.8. The molecule has 418 valence electrons. The van der Waals surface area contributed by atoms with E-state index in [-0.39, 0.29) is 87.7 Å². The molecule has 2 saturated heterocycles. The molecule has 0 amide bonds. The smallest absolute Gasteiger partial charge is 0.202 e. The van der Waals surface area contributed by atoms with Gasteiger partial charge in [0.15, 0.2) is 35.7 Å². The standard InChI is InChI=1S/C27H29NO11.C27H29NO10.ClH/c1-10-22(31)13(28)6-17(38-10)39-15-8-27(36,16(30)9-29)7-12-19(15)26(35)21-20(24(12)33)23(32)11-4-3-5-14(37-2)18(11)25(21)34;1-10-22(30)14(28)7-17(37-10)38-16-9-27(35,11(2)29)8-13-19(16)26(34)21-20(24(13)32)23(31)12-5-4-6-15(36-3)18(12)25(21)33;/h3-5,10,13,15,17,22,29,31,33,35-36H,6-9,28H2,1-2H3;4-6,10,14,16-17,22,30,32,34-35H,7-9,28H2,1-3H3;1H/t10-,13-,15-,17-,22+,27-;10?,14?,16-,17?,22?,27-;/m00./s1. The number of Topliss-reactive ketones (excluding diaryl/α,β-unsaturated/α-hetero) is 2. The Hall–Kier alpha value is -6.45. The van der Waals surface area contributed by atoms with Crippen LogP contribution in [0, 0.1) is 0 Å². The molecule has 2 fully saturated rings. The van der Waals surface area contributed by atoms with Crippen LogP contribution in [0.2, 0.25) is 0 Å². The zero-order chi connectivity index (χ0) is 56.1. The highest BCUT2D eigenvalue weighted by Crippen LogP contribution is 2.55. The van der Waals surface area contributed by atoms with Crippen molar-refractivity contribution >= 4 is 47.1 Å². The fraction of sp³-hybridized carbons (Fsp3) is 0.444. The number of aliphatic hydroxyl groups excluding tert-OH is 3. The molecule has 0 spiro atoms. The zero-order valence-electron chi connectivity index (χ0n) is 42.7. The van der Waals surface area contributed by atoms with E-state index in [0.29, 0.717) is 0 Å². The fourth-order valence-electron chi connectivity index (χ4n) is 11.4. The molecule has 0 bridgehead atoms. The Morgan fingerprint density at radius 2 is 0.987 bits per heavy atom. The second kappa shape index (κ2) is 21.3. The Morgan fingerprint density at radius 3 is 1.35 bits per heavy atom. The summed E-state index contributed by atoms with van der Waals surface area (Å²) in [4.78, 5) is 79.3. The number of phenolic OH excluding ortho intramolecular Hbond substituents is 4. The van der Waals surface area contributed by atoms with Gasteiger partial charge in [0.05, 0.1) is 84.2 Å². The quantitative estimate of drug-likeness (QED) is 0.0913. The summed E-state index contributed by atoms with van der Waals surface area (Å²) in [6, 6.07) is 7.38. The Morgan fingerprint density at radius 1 is 0.615 bits per heavy atom. The van der Waals surface area contributed by atoms with Crippen LogP contribution in [0.4, 0.5) is 0 Å². The van der Waals surface area contributed by atoms with Crippen LogP contribution in [-0.4, -0.2) is 162 Å². The summed E-state index contributed by atoms with van der Waals surface area (Å²) in [5.41, 5.74) is 5.35. The summed E-state index contributed by atoms with van der Waals surface area (Å²) in [7, 11) is 2.66. The van der Waals surface area contributed by atoms with Gasteiger partial charge in [-0.3, -0.25) is 28.8 Å². The number of rotatable bonds is 9. The maximum absolute atomic E-state index is 13.6. The third-order valence-electron chi connectivity index (χ3n) is 15.6. The van der Waals surface area contributed by atoms with Crippen LogP contribution in [0.25, 0.3) is 0 Å². The Balaban J connectivity index is 0.000000203. The molecule has 2 heterocycles. The molecule has 4 aromatic carbocycles. The SMILES string of the molecule is COc1cccc2c1C(=O)c1c(O)c3c(c(O)c1C2=O)C[C@@](O)(C(=O)CO)C[C@@H]3O[C@H]1C[C@H](N)[C@H](O)[C@H](C)O1.COc1cccc2c1C(=O)c1c(O)c3c(c(O)c1C2=O)C[C@@](O)(C(C)=O)C[C@@H]3OC1CC(N)C(O)C(C)O1.Cl. The van der Waals surface area contributed by atoms with Gasteiger partial charge in [-0.25, -0.2) is 0 Å². The first-order chi connectivity index (χ1) is 36.3. The minimum absolute atomic E-state index is 0. The van der Waals surface area contributed by atoms with Crippen molar-refractivity contribution in [2.24, 2.45) is 11.5 Å². The lowest BCUT2D eigenvalue weighted by Crippen LogP contribution is -2.53. The predicted molar refractivity (Wildman–Crippen MR) is 269 cm³/mol. The van der Waals surface area contributed by atoms with Gasteiger partial charge in [0.2, 0.25) is 11.6 Å². The first-order valence-electron chi connectivity index (χ1n) is 24.7. The van der Waals surface area contributed by atoms with Crippen molar-refractivity contribution in [2.75, 3.05) is 20.8 Å². The molecular formula is C54H59ClN2O21. The van der Waals surface area contributed by atoms with Crippen molar-refractivity contribution in [3.8, 4) is 34.5 Å². The number of ether oxygens (including phenoxy) is 6. The summed E-state index contributed by atoms with van der Waals surface area (Å²) < 4.78 is 34.1. The molecule has 6 aliphatic rings. The molecule has 12 atom stereocenters. The highest BCUT2D eigenvalue weighted by molar-refractivity contribution is 6.32. The molecule has 78 heavy (non-hydrogen) atoms. The number of halogens is 1.